The van der Waals surface area contributed by atoms with Crippen molar-refractivity contribution in [3.8, 4) is 5.75 Å². The number of carbonyl (C=O) groups excluding carboxylic acids is 2. The van der Waals surface area contributed by atoms with Crippen LogP contribution in [0.3, 0.4) is 0 Å². The minimum absolute atomic E-state index is 0.0792. The van der Waals surface area contributed by atoms with Crippen LogP contribution >= 0.6 is 11.8 Å². The summed E-state index contributed by atoms with van der Waals surface area (Å²) >= 11 is 1.29. The molecule has 0 saturated carbocycles. The molecule has 3 rings (SSSR count). The topological polar surface area (TPSA) is 89.0 Å². The van der Waals surface area contributed by atoms with E-state index in [-0.39, 0.29) is 24.1 Å². The number of nitrogens with zero attached hydrogens (tertiary/aromatic N) is 1. The number of nitrogens with one attached hydrogen (secondary N) is 2. The molecule has 0 spiro atoms. The molecular formula is C23H25N3O4S. The first-order chi connectivity index (χ1) is 14.9. The molecule has 0 aliphatic carbocycles. The number of anilines is 2. The van der Waals surface area contributed by atoms with Crippen LogP contribution in [-0.4, -0.2) is 36.9 Å². The molecule has 1 amide bonds. The highest BCUT2D eigenvalue weighted by Crippen LogP contribution is 2.34. The first kappa shape index (κ1) is 22.4. The number of thioether (sulfide) groups is 1. The SMILES string of the molecule is COC(=O)CC1=CC(SCC(=O)Nc2ccccc2OC)=Nc2cc(C)c(C)cc2N1. The number of fused-ring (bicyclic) bond motifs is 1. The van der Waals surface area contributed by atoms with E-state index in [4.69, 9.17) is 14.5 Å². The lowest BCUT2D eigenvalue weighted by molar-refractivity contribution is -0.139. The van der Waals surface area contributed by atoms with Gasteiger partial charge in [0.1, 0.15) is 5.75 Å². The molecule has 2 aromatic rings. The molecular weight excluding hydrogens is 414 g/mol. The van der Waals surface area contributed by atoms with Crippen LogP contribution < -0.4 is 15.4 Å². The summed E-state index contributed by atoms with van der Waals surface area (Å²) in [5.74, 6) is 0.206. The number of amides is 1. The molecule has 162 valence electrons. The Morgan fingerprint density at radius 3 is 2.61 bits per heavy atom. The van der Waals surface area contributed by atoms with Gasteiger partial charge in [0.15, 0.2) is 0 Å². The van der Waals surface area contributed by atoms with E-state index < -0.39 is 0 Å². The number of para-hydroxylation sites is 2. The zero-order chi connectivity index (χ0) is 22.4. The fourth-order valence-corrected chi connectivity index (χ4v) is 3.71. The Morgan fingerprint density at radius 1 is 1.13 bits per heavy atom. The highest BCUT2D eigenvalue weighted by molar-refractivity contribution is 8.14. The number of hydrogen-bond acceptors (Lipinski definition) is 7. The van der Waals surface area contributed by atoms with Crippen LogP contribution in [-0.2, 0) is 14.3 Å². The quantitative estimate of drug-likeness (QED) is 0.640. The standard InChI is InChI=1S/C23H25N3O4S/c1-14-9-18-19(10-15(14)2)26-22(11-16(24-18)12-23(28)30-4)31-13-21(27)25-17-7-5-6-8-20(17)29-3/h5-11,24H,12-13H2,1-4H3,(H,25,27). The van der Waals surface area contributed by atoms with E-state index in [1.54, 1.807) is 25.3 Å². The number of carbonyl (C=O) groups is 2. The second-order valence-corrected chi connectivity index (χ2v) is 7.98. The van der Waals surface area contributed by atoms with E-state index in [0.717, 1.165) is 22.5 Å². The van der Waals surface area contributed by atoms with Crippen molar-refractivity contribution < 1.29 is 19.1 Å². The van der Waals surface area contributed by atoms with Crippen LogP contribution in [0.1, 0.15) is 17.5 Å². The molecule has 0 aromatic heterocycles. The zero-order valence-electron chi connectivity index (χ0n) is 17.9. The number of benzene rings is 2. The predicted octanol–water partition coefficient (Wildman–Crippen LogP) is 4.59. The number of aliphatic imine (C=N–C) groups is 1. The largest absolute Gasteiger partial charge is 0.495 e. The van der Waals surface area contributed by atoms with Gasteiger partial charge in [0.2, 0.25) is 5.91 Å². The highest BCUT2D eigenvalue weighted by atomic mass is 32.2. The Balaban J connectivity index is 1.79. The highest BCUT2D eigenvalue weighted by Gasteiger charge is 2.17. The lowest BCUT2D eigenvalue weighted by Crippen LogP contribution is -2.15. The Morgan fingerprint density at radius 2 is 1.87 bits per heavy atom. The fraction of sp³-hybridized carbons (Fsp3) is 0.261. The van der Waals surface area contributed by atoms with Gasteiger partial charge in [0.25, 0.3) is 0 Å². The number of rotatable bonds is 6. The van der Waals surface area contributed by atoms with Crippen LogP contribution in [0.25, 0.3) is 0 Å². The number of aryl methyl sites for hydroxylation is 2. The van der Waals surface area contributed by atoms with Gasteiger partial charge < -0.3 is 20.1 Å². The maximum atomic E-state index is 12.5. The Labute approximate surface area is 185 Å². The second-order valence-electron chi connectivity index (χ2n) is 6.99. The molecule has 31 heavy (non-hydrogen) atoms. The van der Waals surface area contributed by atoms with Crippen molar-refractivity contribution >= 4 is 45.7 Å². The molecule has 0 unspecified atom stereocenters. The minimum Gasteiger partial charge on any atom is -0.495 e. The molecule has 2 N–H and O–H groups in total. The molecule has 2 aromatic carbocycles. The van der Waals surface area contributed by atoms with E-state index >= 15 is 0 Å². The smallest absolute Gasteiger partial charge is 0.311 e. The Hall–Kier alpha value is -3.26. The third-order valence-electron chi connectivity index (χ3n) is 4.73. The molecule has 0 atom stereocenters. The van der Waals surface area contributed by atoms with Crippen molar-refractivity contribution in [2.45, 2.75) is 20.3 Å². The summed E-state index contributed by atoms with van der Waals surface area (Å²) in [5, 5.41) is 6.76. The molecule has 7 nitrogen and oxygen atoms in total. The van der Waals surface area contributed by atoms with Gasteiger partial charge in [0, 0.05) is 5.70 Å². The summed E-state index contributed by atoms with van der Waals surface area (Å²) in [4.78, 5) is 29.1. The van der Waals surface area contributed by atoms with Gasteiger partial charge in [-0.15, -0.1) is 0 Å². The van der Waals surface area contributed by atoms with Crippen molar-refractivity contribution in [3.63, 3.8) is 0 Å². The molecule has 0 saturated heterocycles. The lowest BCUT2D eigenvalue weighted by atomic mass is 10.1. The van der Waals surface area contributed by atoms with Crippen molar-refractivity contribution in [1.29, 1.82) is 0 Å². The van der Waals surface area contributed by atoms with Crippen LogP contribution in [0, 0.1) is 13.8 Å². The zero-order valence-corrected chi connectivity index (χ0v) is 18.8. The van der Waals surface area contributed by atoms with Crippen LogP contribution in [0.2, 0.25) is 0 Å². The van der Waals surface area contributed by atoms with Crippen LogP contribution in [0.5, 0.6) is 5.75 Å². The summed E-state index contributed by atoms with van der Waals surface area (Å²) in [6.45, 7) is 4.04. The lowest BCUT2D eigenvalue weighted by Gasteiger charge is -2.12. The molecule has 0 fully saturated rings. The molecule has 1 heterocycles. The van der Waals surface area contributed by atoms with Crippen molar-refractivity contribution in [2.75, 3.05) is 30.6 Å². The normalized spacial score (nSPS) is 12.5. The number of methoxy groups -OCH3 is 2. The summed E-state index contributed by atoms with van der Waals surface area (Å²) in [7, 11) is 2.91. The maximum absolute atomic E-state index is 12.5. The molecule has 1 aliphatic rings. The van der Waals surface area contributed by atoms with E-state index in [1.807, 2.05) is 38.1 Å². The van der Waals surface area contributed by atoms with Gasteiger partial charge >= 0.3 is 5.97 Å². The van der Waals surface area contributed by atoms with Gasteiger partial charge in [-0.2, -0.15) is 0 Å². The van der Waals surface area contributed by atoms with E-state index in [2.05, 4.69) is 10.6 Å². The van der Waals surface area contributed by atoms with Gasteiger partial charge in [-0.3, -0.25) is 9.59 Å². The third kappa shape index (κ3) is 5.88. The van der Waals surface area contributed by atoms with E-state index in [1.165, 1.54) is 18.9 Å². The van der Waals surface area contributed by atoms with E-state index in [0.29, 0.717) is 22.2 Å². The monoisotopic (exact) mass is 439 g/mol. The first-order valence-electron chi connectivity index (χ1n) is 9.69. The van der Waals surface area contributed by atoms with Crippen LogP contribution in [0.4, 0.5) is 17.1 Å². The number of hydrogen-bond donors (Lipinski definition) is 2. The van der Waals surface area contributed by atoms with Gasteiger partial charge in [-0.1, -0.05) is 23.9 Å². The number of esters is 1. The fourth-order valence-electron chi connectivity index (χ4n) is 2.97. The van der Waals surface area contributed by atoms with Crippen LogP contribution in [0.15, 0.2) is 53.2 Å². The van der Waals surface area contributed by atoms with Gasteiger partial charge in [-0.25, -0.2) is 4.99 Å². The average Bonchev–Trinajstić information content (AvgIpc) is 2.91. The van der Waals surface area contributed by atoms with Gasteiger partial charge in [0.05, 0.1) is 48.5 Å². The van der Waals surface area contributed by atoms with Gasteiger partial charge in [-0.05, 0) is 55.3 Å². The third-order valence-corrected chi connectivity index (χ3v) is 5.64. The molecule has 0 bridgehead atoms. The van der Waals surface area contributed by atoms with Crippen molar-refractivity contribution in [1.82, 2.24) is 0 Å². The summed E-state index contributed by atoms with van der Waals surface area (Å²) in [5.41, 5.74) is 5.06. The Kier molecular flexibility index (Phi) is 7.36. The molecule has 8 heteroatoms. The van der Waals surface area contributed by atoms with Crippen molar-refractivity contribution in [2.24, 2.45) is 4.99 Å². The van der Waals surface area contributed by atoms with E-state index in [9.17, 15) is 9.59 Å². The summed E-state index contributed by atoms with van der Waals surface area (Å²) < 4.78 is 10.1. The first-order valence-corrected chi connectivity index (χ1v) is 10.7. The Bertz CT molecular complexity index is 1060. The minimum atomic E-state index is -0.357. The molecule has 1 aliphatic heterocycles. The summed E-state index contributed by atoms with van der Waals surface area (Å²) in [6.07, 6.45) is 1.86. The van der Waals surface area contributed by atoms with Crippen molar-refractivity contribution in [3.05, 3.63) is 59.3 Å². The molecule has 0 radical (unpaired) electrons. The average molecular weight is 440 g/mol. The maximum Gasteiger partial charge on any atom is 0.311 e. The summed E-state index contributed by atoms with van der Waals surface area (Å²) in [6, 6.07) is 11.2. The number of ether oxygens (including phenoxy) is 2. The second kappa shape index (κ2) is 10.2. The predicted molar refractivity (Wildman–Crippen MR) is 125 cm³/mol.